The Bertz CT molecular complexity index is 1390. The quantitative estimate of drug-likeness (QED) is 0.0145. The van der Waals surface area contributed by atoms with Crippen molar-refractivity contribution in [2.24, 2.45) is 0 Å². The van der Waals surface area contributed by atoms with E-state index in [0.717, 1.165) is 51.4 Å². The Balaban J connectivity index is 2.41. The number of hydrogen-bond acceptors (Lipinski definition) is 12. The van der Waals surface area contributed by atoms with Crippen LogP contribution in [0.2, 0.25) is 0 Å². The predicted molar refractivity (Wildman–Crippen MR) is 276 cm³/mol. The number of aliphatic hydroxyl groups excluding tert-OH is 5. The highest BCUT2D eigenvalue weighted by atomic mass is 31.2. The van der Waals surface area contributed by atoms with E-state index in [4.69, 9.17) is 18.5 Å². The van der Waals surface area contributed by atoms with E-state index in [-0.39, 0.29) is 12.8 Å². The van der Waals surface area contributed by atoms with E-state index >= 15 is 0 Å². The van der Waals surface area contributed by atoms with Gasteiger partial charge in [-0.25, -0.2) is 4.57 Å². The zero-order chi connectivity index (χ0) is 50.6. The number of ether oxygens (including phenoxy) is 2. The minimum absolute atomic E-state index is 0.0877. The maximum absolute atomic E-state index is 12.9. The van der Waals surface area contributed by atoms with Gasteiger partial charge in [-0.2, -0.15) is 0 Å². The van der Waals surface area contributed by atoms with Crippen molar-refractivity contribution < 1.29 is 63.1 Å². The molecule has 8 atom stereocenters. The molecule has 0 heterocycles. The van der Waals surface area contributed by atoms with Gasteiger partial charge in [-0.3, -0.25) is 18.6 Å². The molecule has 0 aliphatic heterocycles. The number of aliphatic hydroxyl groups is 5. The molecule has 0 aromatic heterocycles. The molecule has 0 bridgehead atoms. The van der Waals surface area contributed by atoms with E-state index in [2.05, 4.69) is 50.3 Å². The van der Waals surface area contributed by atoms with Crippen LogP contribution in [0.25, 0.3) is 0 Å². The summed E-state index contributed by atoms with van der Waals surface area (Å²) >= 11 is 0. The van der Waals surface area contributed by atoms with Crippen molar-refractivity contribution in [3.8, 4) is 0 Å². The maximum Gasteiger partial charge on any atom is 0.472 e. The number of hydrogen-bond donors (Lipinski definition) is 6. The first-order valence-corrected chi connectivity index (χ1v) is 28.9. The standard InChI is InChI=1S/C55H99O13P/c1-3-5-7-9-11-13-15-17-19-21-23-24-26-27-29-31-33-35-37-39-41-43-48(56)65-45-47(46-66-69(63,64)68-55-53(61)51(59)50(58)52(60)54(55)62)67-49(57)44-42-40-38-36-34-32-30-28-25-22-20-18-16-14-12-10-8-6-4-2/h19,21,24,26,29,31,35,37,47,50-55,58-62H,3-18,20,22-23,25,27-28,30,32-34,36,38-46H2,1-2H3,(H,63,64)/b21-19+,26-24+,31-29+,37-35+/t47-,50?,51-,52?,53?,54?,55?/m0/s1. The Hall–Kier alpha value is -2.19. The molecule has 1 rings (SSSR count). The van der Waals surface area contributed by atoms with Gasteiger partial charge in [0.2, 0.25) is 0 Å². The molecule has 1 fully saturated rings. The molecule has 6 N–H and O–H groups in total. The molecule has 1 aliphatic rings. The molecule has 0 amide bonds. The highest BCUT2D eigenvalue weighted by molar-refractivity contribution is 7.47. The van der Waals surface area contributed by atoms with Crippen molar-refractivity contribution in [3.05, 3.63) is 48.6 Å². The Labute approximate surface area is 418 Å². The van der Waals surface area contributed by atoms with Crippen LogP contribution in [0.3, 0.4) is 0 Å². The summed E-state index contributed by atoms with van der Waals surface area (Å²) in [6, 6.07) is 0. The molecule has 0 radical (unpaired) electrons. The lowest BCUT2D eigenvalue weighted by atomic mass is 9.85. The molecule has 1 aliphatic carbocycles. The van der Waals surface area contributed by atoms with E-state index in [1.165, 1.54) is 135 Å². The Morgan fingerprint density at radius 2 is 0.797 bits per heavy atom. The van der Waals surface area contributed by atoms with Crippen LogP contribution in [0.5, 0.6) is 0 Å². The molecule has 0 aromatic carbocycles. The maximum atomic E-state index is 12.9. The van der Waals surface area contributed by atoms with Crippen molar-refractivity contribution >= 4 is 19.8 Å². The monoisotopic (exact) mass is 999 g/mol. The summed E-state index contributed by atoms with van der Waals surface area (Å²) < 4.78 is 33.6. The first-order chi connectivity index (χ1) is 33.4. The minimum Gasteiger partial charge on any atom is -0.462 e. The second-order valence-electron chi connectivity index (χ2n) is 19.1. The SMILES string of the molecule is CCCCCCCCC/C=C/C/C=C/C/C=C/C/C=C/CCCC(=O)OC[C@@H](COP(=O)(O)OC1C(O)C(O)C(O)[C@H](O)C1O)OC(=O)CCCCCCCCCCCCCCCCCCCCC. The number of carbonyl (C=O) groups excluding carboxylic acids is 2. The van der Waals surface area contributed by atoms with Gasteiger partial charge in [0.25, 0.3) is 0 Å². The van der Waals surface area contributed by atoms with Gasteiger partial charge in [-0.05, 0) is 51.4 Å². The Morgan fingerprint density at radius 3 is 1.23 bits per heavy atom. The lowest BCUT2D eigenvalue weighted by molar-refractivity contribution is -0.220. The fraction of sp³-hybridized carbons (Fsp3) is 0.818. The number of allylic oxidation sites excluding steroid dienone is 8. The van der Waals surface area contributed by atoms with E-state index < -0.39 is 75.7 Å². The normalized spacial score (nSPS) is 21.2. The van der Waals surface area contributed by atoms with E-state index in [1.807, 2.05) is 12.2 Å². The number of rotatable bonds is 46. The van der Waals surface area contributed by atoms with Crippen LogP contribution in [0, 0.1) is 0 Å². The van der Waals surface area contributed by atoms with Crippen molar-refractivity contribution in [1.29, 1.82) is 0 Å². The molecule has 69 heavy (non-hydrogen) atoms. The first kappa shape index (κ1) is 64.8. The lowest BCUT2D eigenvalue weighted by Crippen LogP contribution is -2.64. The van der Waals surface area contributed by atoms with E-state index in [9.17, 15) is 44.6 Å². The van der Waals surface area contributed by atoms with Crippen LogP contribution in [-0.2, 0) is 32.7 Å². The van der Waals surface area contributed by atoms with E-state index in [0.29, 0.717) is 19.3 Å². The molecule has 0 spiro atoms. The predicted octanol–water partition coefficient (Wildman–Crippen LogP) is 12.3. The third-order valence-electron chi connectivity index (χ3n) is 12.7. The van der Waals surface area contributed by atoms with Gasteiger partial charge in [0.15, 0.2) is 6.10 Å². The second kappa shape index (κ2) is 44.5. The highest BCUT2D eigenvalue weighted by Gasteiger charge is 2.51. The van der Waals surface area contributed by atoms with Gasteiger partial charge in [0.05, 0.1) is 6.61 Å². The molecule has 1 saturated carbocycles. The van der Waals surface area contributed by atoms with Crippen molar-refractivity contribution in [3.63, 3.8) is 0 Å². The van der Waals surface area contributed by atoms with Gasteiger partial charge in [0.1, 0.15) is 43.2 Å². The molecule has 0 aromatic rings. The van der Waals surface area contributed by atoms with Gasteiger partial charge in [-0.1, -0.05) is 217 Å². The largest absolute Gasteiger partial charge is 0.472 e. The van der Waals surface area contributed by atoms with Crippen molar-refractivity contribution in [2.75, 3.05) is 13.2 Å². The van der Waals surface area contributed by atoms with Crippen LogP contribution in [0.1, 0.15) is 232 Å². The lowest BCUT2D eigenvalue weighted by Gasteiger charge is -2.41. The average molecular weight is 999 g/mol. The molecule has 14 heteroatoms. The highest BCUT2D eigenvalue weighted by Crippen LogP contribution is 2.47. The smallest absolute Gasteiger partial charge is 0.462 e. The number of phosphoric ester groups is 1. The zero-order valence-corrected chi connectivity index (χ0v) is 44.0. The fourth-order valence-corrected chi connectivity index (χ4v) is 9.25. The molecular formula is C55H99O13P. The molecule has 6 unspecified atom stereocenters. The molecule has 0 saturated heterocycles. The fourth-order valence-electron chi connectivity index (χ4n) is 8.28. The Morgan fingerprint density at radius 1 is 0.449 bits per heavy atom. The first-order valence-electron chi connectivity index (χ1n) is 27.4. The summed E-state index contributed by atoms with van der Waals surface area (Å²) in [6.07, 6.45) is 41.6. The number of esters is 2. The van der Waals surface area contributed by atoms with Crippen molar-refractivity contribution in [1.82, 2.24) is 0 Å². The molecular weight excluding hydrogens is 900 g/mol. The molecule has 13 nitrogen and oxygen atoms in total. The number of phosphoric acid groups is 1. The number of carbonyl (C=O) groups is 2. The third-order valence-corrected chi connectivity index (χ3v) is 13.7. The minimum atomic E-state index is -5.14. The second-order valence-corrected chi connectivity index (χ2v) is 20.5. The van der Waals surface area contributed by atoms with E-state index in [1.54, 1.807) is 0 Å². The summed E-state index contributed by atoms with van der Waals surface area (Å²) in [7, 11) is -5.14. The average Bonchev–Trinajstić information content (AvgIpc) is 3.33. The van der Waals surface area contributed by atoms with Crippen LogP contribution in [0.15, 0.2) is 48.6 Å². The van der Waals surface area contributed by atoms with Crippen LogP contribution in [-0.4, -0.2) is 98.3 Å². The van der Waals surface area contributed by atoms with Crippen LogP contribution >= 0.6 is 7.82 Å². The summed E-state index contributed by atoms with van der Waals surface area (Å²) in [4.78, 5) is 35.9. The van der Waals surface area contributed by atoms with Crippen LogP contribution in [0.4, 0.5) is 0 Å². The summed E-state index contributed by atoms with van der Waals surface area (Å²) in [6.45, 7) is 3.29. The van der Waals surface area contributed by atoms with Gasteiger partial charge < -0.3 is 39.9 Å². The van der Waals surface area contributed by atoms with Gasteiger partial charge >= 0.3 is 19.8 Å². The number of unbranched alkanes of at least 4 members (excludes halogenated alkanes) is 26. The van der Waals surface area contributed by atoms with Gasteiger partial charge in [0, 0.05) is 12.8 Å². The van der Waals surface area contributed by atoms with Gasteiger partial charge in [-0.15, -0.1) is 0 Å². The summed E-state index contributed by atoms with van der Waals surface area (Å²) in [5, 5.41) is 50.3. The molecule has 402 valence electrons. The topological polar surface area (TPSA) is 210 Å². The Kier molecular flexibility index (Phi) is 41.8. The summed E-state index contributed by atoms with van der Waals surface area (Å²) in [5.74, 6) is -1.16. The van der Waals surface area contributed by atoms with Crippen molar-refractivity contribution in [2.45, 2.75) is 275 Å². The third kappa shape index (κ3) is 36.4. The van der Waals surface area contributed by atoms with Crippen LogP contribution < -0.4 is 0 Å². The zero-order valence-electron chi connectivity index (χ0n) is 43.1. The summed E-state index contributed by atoms with van der Waals surface area (Å²) in [5.41, 5.74) is 0.